The average Bonchev–Trinajstić information content (AvgIpc) is 2.75. The Morgan fingerprint density at radius 1 is 1.31 bits per heavy atom. The predicted octanol–water partition coefficient (Wildman–Crippen LogP) is 1.52. The molecular formula is C13H26N2O. The Bertz CT molecular complexity index is 214. The van der Waals surface area contributed by atoms with Gasteiger partial charge in [-0.2, -0.15) is 0 Å². The molecule has 0 spiro atoms. The summed E-state index contributed by atoms with van der Waals surface area (Å²) in [5.41, 5.74) is 6.02. The quantitative estimate of drug-likeness (QED) is 0.764. The summed E-state index contributed by atoms with van der Waals surface area (Å²) in [4.78, 5) is 0. The summed E-state index contributed by atoms with van der Waals surface area (Å²) >= 11 is 0. The third-order valence-corrected chi connectivity index (χ3v) is 4.35. The van der Waals surface area contributed by atoms with E-state index in [1.165, 1.54) is 32.1 Å². The molecule has 1 saturated heterocycles. The molecule has 0 bridgehead atoms. The van der Waals surface area contributed by atoms with E-state index in [1.807, 2.05) is 0 Å². The summed E-state index contributed by atoms with van der Waals surface area (Å²) in [6.07, 6.45) is 6.48. The standard InChI is InChI=1S/C13H26N2O/c1-13(6-3-7-16-10-13)15-9-12-5-2-4-11(12)8-14/h11-12,15H,2-10,14H2,1H3. The second kappa shape index (κ2) is 5.48. The second-order valence-electron chi connectivity index (χ2n) is 5.78. The number of ether oxygens (including phenoxy) is 1. The molecule has 1 aliphatic heterocycles. The fourth-order valence-electron chi connectivity index (χ4n) is 3.14. The van der Waals surface area contributed by atoms with E-state index in [4.69, 9.17) is 10.5 Å². The molecule has 2 aliphatic rings. The lowest BCUT2D eigenvalue weighted by atomic mass is 9.91. The molecule has 0 radical (unpaired) electrons. The molecule has 2 rings (SSSR count). The van der Waals surface area contributed by atoms with Gasteiger partial charge in [0.25, 0.3) is 0 Å². The van der Waals surface area contributed by atoms with Crippen molar-refractivity contribution in [3.63, 3.8) is 0 Å². The van der Waals surface area contributed by atoms with Crippen LogP contribution in [0, 0.1) is 11.8 Å². The van der Waals surface area contributed by atoms with Gasteiger partial charge in [-0.1, -0.05) is 6.42 Å². The van der Waals surface area contributed by atoms with Crippen molar-refractivity contribution < 1.29 is 4.74 Å². The van der Waals surface area contributed by atoms with Crippen molar-refractivity contribution in [3.8, 4) is 0 Å². The summed E-state index contributed by atoms with van der Waals surface area (Å²) < 4.78 is 5.57. The van der Waals surface area contributed by atoms with Gasteiger partial charge < -0.3 is 15.8 Å². The Balaban J connectivity index is 1.77. The summed E-state index contributed by atoms with van der Waals surface area (Å²) in [6.45, 7) is 6.08. The van der Waals surface area contributed by atoms with Crippen LogP contribution in [-0.4, -0.2) is 31.8 Å². The molecule has 0 aromatic heterocycles. The lowest BCUT2D eigenvalue weighted by Gasteiger charge is -2.36. The molecule has 3 N–H and O–H groups in total. The van der Waals surface area contributed by atoms with E-state index in [-0.39, 0.29) is 5.54 Å². The highest BCUT2D eigenvalue weighted by molar-refractivity contribution is 4.88. The van der Waals surface area contributed by atoms with Gasteiger partial charge in [-0.3, -0.25) is 0 Å². The molecule has 1 aliphatic carbocycles. The smallest absolute Gasteiger partial charge is 0.0645 e. The van der Waals surface area contributed by atoms with Crippen LogP contribution in [0.4, 0.5) is 0 Å². The fourth-order valence-corrected chi connectivity index (χ4v) is 3.14. The van der Waals surface area contributed by atoms with Crippen molar-refractivity contribution >= 4 is 0 Å². The molecule has 1 saturated carbocycles. The van der Waals surface area contributed by atoms with Crippen LogP contribution in [0.15, 0.2) is 0 Å². The maximum Gasteiger partial charge on any atom is 0.0645 e. The van der Waals surface area contributed by atoms with E-state index < -0.39 is 0 Å². The lowest BCUT2D eigenvalue weighted by Crippen LogP contribution is -2.51. The maximum absolute atomic E-state index is 5.81. The van der Waals surface area contributed by atoms with Crippen molar-refractivity contribution in [3.05, 3.63) is 0 Å². The van der Waals surface area contributed by atoms with Gasteiger partial charge in [-0.25, -0.2) is 0 Å². The molecule has 3 nitrogen and oxygen atoms in total. The van der Waals surface area contributed by atoms with E-state index in [0.717, 1.165) is 38.1 Å². The van der Waals surface area contributed by atoms with Crippen LogP contribution in [-0.2, 0) is 4.74 Å². The Hall–Kier alpha value is -0.120. The molecule has 3 heteroatoms. The third-order valence-electron chi connectivity index (χ3n) is 4.35. The zero-order valence-electron chi connectivity index (χ0n) is 10.5. The molecule has 2 fully saturated rings. The van der Waals surface area contributed by atoms with Gasteiger partial charge in [-0.05, 0) is 57.5 Å². The molecule has 0 aromatic rings. The molecule has 94 valence electrons. The minimum absolute atomic E-state index is 0.208. The van der Waals surface area contributed by atoms with Gasteiger partial charge in [0.15, 0.2) is 0 Å². The lowest BCUT2D eigenvalue weighted by molar-refractivity contribution is 0.0262. The molecule has 16 heavy (non-hydrogen) atoms. The second-order valence-corrected chi connectivity index (χ2v) is 5.78. The Kier molecular flexibility index (Phi) is 4.22. The first-order chi connectivity index (χ1) is 7.73. The Morgan fingerprint density at radius 3 is 2.81 bits per heavy atom. The fraction of sp³-hybridized carbons (Fsp3) is 1.00. The van der Waals surface area contributed by atoms with Crippen LogP contribution in [0.5, 0.6) is 0 Å². The van der Waals surface area contributed by atoms with E-state index in [9.17, 15) is 0 Å². The van der Waals surface area contributed by atoms with E-state index >= 15 is 0 Å². The number of nitrogens with one attached hydrogen (secondary N) is 1. The van der Waals surface area contributed by atoms with Crippen LogP contribution >= 0.6 is 0 Å². The monoisotopic (exact) mass is 226 g/mol. The van der Waals surface area contributed by atoms with Crippen LogP contribution in [0.3, 0.4) is 0 Å². The van der Waals surface area contributed by atoms with Crippen molar-refractivity contribution in [2.75, 3.05) is 26.3 Å². The zero-order chi connectivity index (χ0) is 11.4. The van der Waals surface area contributed by atoms with Crippen LogP contribution in [0.2, 0.25) is 0 Å². The first kappa shape index (κ1) is 12.3. The van der Waals surface area contributed by atoms with Crippen LogP contribution in [0.1, 0.15) is 39.0 Å². The highest BCUT2D eigenvalue weighted by atomic mass is 16.5. The van der Waals surface area contributed by atoms with Crippen molar-refractivity contribution in [2.24, 2.45) is 17.6 Å². The van der Waals surface area contributed by atoms with Gasteiger partial charge in [-0.15, -0.1) is 0 Å². The first-order valence-corrected chi connectivity index (χ1v) is 6.76. The maximum atomic E-state index is 5.81. The normalized spacial score (nSPS) is 40.1. The Morgan fingerprint density at radius 2 is 2.12 bits per heavy atom. The van der Waals surface area contributed by atoms with Gasteiger partial charge in [0, 0.05) is 12.1 Å². The summed E-state index contributed by atoms with van der Waals surface area (Å²) in [5.74, 6) is 1.55. The van der Waals surface area contributed by atoms with Crippen molar-refractivity contribution in [1.82, 2.24) is 5.32 Å². The molecule has 0 amide bonds. The van der Waals surface area contributed by atoms with Gasteiger partial charge in [0.2, 0.25) is 0 Å². The van der Waals surface area contributed by atoms with Crippen LogP contribution in [0.25, 0.3) is 0 Å². The number of hydrogen-bond donors (Lipinski definition) is 2. The van der Waals surface area contributed by atoms with E-state index in [1.54, 1.807) is 0 Å². The van der Waals surface area contributed by atoms with E-state index in [0.29, 0.717) is 0 Å². The first-order valence-electron chi connectivity index (χ1n) is 6.76. The largest absolute Gasteiger partial charge is 0.380 e. The molecule has 0 aromatic carbocycles. The van der Waals surface area contributed by atoms with Gasteiger partial charge in [0.05, 0.1) is 6.61 Å². The van der Waals surface area contributed by atoms with E-state index in [2.05, 4.69) is 12.2 Å². The van der Waals surface area contributed by atoms with Gasteiger partial charge in [0.1, 0.15) is 0 Å². The highest BCUT2D eigenvalue weighted by Crippen LogP contribution is 2.31. The minimum atomic E-state index is 0.208. The third kappa shape index (κ3) is 2.96. The predicted molar refractivity (Wildman–Crippen MR) is 66.3 cm³/mol. The summed E-state index contributed by atoms with van der Waals surface area (Å²) in [6, 6.07) is 0. The highest BCUT2D eigenvalue weighted by Gasteiger charge is 2.31. The summed E-state index contributed by atoms with van der Waals surface area (Å²) in [5, 5.41) is 3.72. The van der Waals surface area contributed by atoms with Crippen LogP contribution < -0.4 is 11.1 Å². The number of rotatable bonds is 4. The number of hydrogen-bond acceptors (Lipinski definition) is 3. The minimum Gasteiger partial charge on any atom is -0.380 e. The average molecular weight is 226 g/mol. The molecular weight excluding hydrogens is 200 g/mol. The topological polar surface area (TPSA) is 47.3 Å². The van der Waals surface area contributed by atoms with Crippen molar-refractivity contribution in [1.29, 1.82) is 0 Å². The van der Waals surface area contributed by atoms with Gasteiger partial charge >= 0.3 is 0 Å². The summed E-state index contributed by atoms with van der Waals surface area (Å²) in [7, 11) is 0. The zero-order valence-corrected chi connectivity index (χ0v) is 10.5. The number of nitrogens with two attached hydrogens (primary N) is 1. The molecule has 3 unspecified atom stereocenters. The Labute approximate surface area is 99.1 Å². The SMILES string of the molecule is CC1(NCC2CCCC2CN)CCCOC1. The van der Waals surface area contributed by atoms with Crippen molar-refractivity contribution in [2.45, 2.75) is 44.6 Å². The molecule has 1 heterocycles. The molecule has 3 atom stereocenters.